The highest BCUT2D eigenvalue weighted by Gasteiger charge is 2.28. The van der Waals surface area contributed by atoms with Crippen LogP contribution in [0.25, 0.3) is 10.2 Å². The van der Waals surface area contributed by atoms with E-state index in [0.29, 0.717) is 35.8 Å². The molecular formula is C23H19ClN2O3S2. The Bertz CT molecular complexity index is 1440. The number of rotatable bonds is 4. The maximum absolute atomic E-state index is 13.3. The molecular weight excluding hydrogens is 452 g/mol. The van der Waals surface area contributed by atoms with Crippen LogP contribution in [0.4, 0.5) is 0 Å². The van der Waals surface area contributed by atoms with E-state index in [-0.39, 0.29) is 9.77 Å². The molecule has 0 radical (unpaired) electrons. The van der Waals surface area contributed by atoms with Gasteiger partial charge in [-0.2, -0.15) is 4.31 Å². The fourth-order valence-corrected chi connectivity index (χ4v) is 6.53. The quantitative estimate of drug-likeness (QED) is 0.441. The number of nitrogens with zero attached hydrogens (tertiary/aromatic N) is 2. The van der Waals surface area contributed by atoms with Crippen LogP contribution in [0.1, 0.15) is 16.7 Å². The summed E-state index contributed by atoms with van der Waals surface area (Å²) in [5.74, 6) is 0. The molecule has 0 N–H and O–H groups in total. The van der Waals surface area contributed by atoms with Gasteiger partial charge in [0.25, 0.3) is 0 Å². The molecule has 8 heteroatoms. The molecule has 0 saturated heterocycles. The maximum Gasteiger partial charge on any atom is 0.308 e. The molecule has 158 valence electrons. The van der Waals surface area contributed by atoms with E-state index in [2.05, 4.69) is 0 Å². The summed E-state index contributed by atoms with van der Waals surface area (Å²) < 4.78 is 30.4. The van der Waals surface area contributed by atoms with Gasteiger partial charge in [-0.05, 0) is 53.4 Å². The van der Waals surface area contributed by atoms with E-state index in [9.17, 15) is 13.2 Å². The Balaban J connectivity index is 1.47. The summed E-state index contributed by atoms with van der Waals surface area (Å²) in [6.45, 7) is 1.22. The first-order chi connectivity index (χ1) is 14.9. The van der Waals surface area contributed by atoms with E-state index >= 15 is 0 Å². The molecule has 0 bridgehead atoms. The summed E-state index contributed by atoms with van der Waals surface area (Å²) in [6.07, 6.45) is 0.697. The van der Waals surface area contributed by atoms with Gasteiger partial charge in [0, 0.05) is 18.1 Å². The van der Waals surface area contributed by atoms with Gasteiger partial charge in [-0.3, -0.25) is 9.36 Å². The van der Waals surface area contributed by atoms with Crippen molar-refractivity contribution in [2.24, 2.45) is 0 Å². The van der Waals surface area contributed by atoms with Gasteiger partial charge < -0.3 is 0 Å². The minimum Gasteiger partial charge on any atom is -0.294 e. The first-order valence-corrected chi connectivity index (χ1v) is 12.5. The molecule has 0 atom stereocenters. The zero-order valence-electron chi connectivity index (χ0n) is 16.5. The van der Waals surface area contributed by atoms with E-state index in [1.54, 1.807) is 34.9 Å². The lowest BCUT2D eigenvalue weighted by Gasteiger charge is -2.28. The Morgan fingerprint density at radius 2 is 1.71 bits per heavy atom. The summed E-state index contributed by atoms with van der Waals surface area (Å²) in [4.78, 5) is 12.7. The van der Waals surface area contributed by atoms with Crippen molar-refractivity contribution in [1.82, 2.24) is 8.87 Å². The molecule has 0 fully saturated rings. The highest BCUT2D eigenvalue weighted by molar-refractivity contribution is 7.89. The summed E-state index contributed by atoms with van der Waals surface area (Å²) in [7, 11) is -3.65. The largest absolute Gasteiger partial charge is 0.308 e. The number of fused-ring (bicyclic) bond motifs is 2. The van der Waals surface area contributed by atoms with Gasteiger partial charge in [0.15, 0.2) is 0 Å². The highest BCUT2D eigenvalue weighted by Crippen LogP contribution is 2.28. The molecule has 0 aliphatic carbocycles. The van der Waals surface area contributed by atoms with Crippen LogP contribution >= 0.6 is 22.9 Å². The first-order valence-electron chi connectivity index (χ1n) is 9.86. The lowest BCUT2D eigenvalue weighted by atomic mass is 10.0. The number of aromatic nitrogens is 1. The fraction of sp³-hybridized carbons (Fsp3) is 0.174. The Kier molecular flexibility index (Phi) is 5.22. The van der Waals surface area contributed by atoms with E-state index in [0.717, 1.165) is 28.0 Å². The molecule has 1 aliphatic rings. The molecule has 0 amide bonds. The van der Waals surface area contributed by atoms with Crippen molar-refractivity contribution in [2.45, 2.75) is 24.4 Å². The summed E-state index contributed by atoms with van der Waals surface area (Å²) in [6, 6.07) is 20.2. The third kappa shape index (κ3) is 3.83. The van der Waals surface area contributed by atoms with Gasteiger partial charge in [-0.1, -0.05) is 59.3 Å². The van der Waals surface area contributed by atoms with Crippen LogP contribution in [0.5, 0.6) is 0 Å². The van der Waals surface area contributed by atoms with Gasteiger partial charge in [0.1, 0.15) is 0 Å². The molecule has 1 aliphatic heterocycles. The minimum atomic E-state index is -3.65. The van der Waals surface area contributed by atoms with Crippen molar-refractivity contribution in [2.75, 3.05) is 6.54 Å². The molecule has 4 aromatic rings. The van der Waals surface area contributed by atoms with Crippen molar-refractivity contribution in [3.05, 3.63) is 98.1 Å². The van der Waals surface area contributed by atoms with Crippen LogP contribution in [0.15, 0.2) is 76.4 Å². The molecule has 31 heavy (non-hydrogen) atoms. The lowest BCUT2D eigenvalue weighted by molar-refractivity contribution is 0.391. The smallest absolute Gasteiger partial charge is 0.294 e. The van der Waals surface area contributed by atoms with Crippen molar-refractivity contribution in [3.63, 3.8) is 0 Å². The van der Waals surface area contributed by atoms with Crippen LogP contribution in [0.3, 0.4) is 0 Å². The molecule has 0 saturated carbocycles. The average molecular weight is 471 g/mol. The van der Waals surface area contributed by atoms with Crippen molar-refractivity contribution in [3.8, 4) is 0 Å². The summed E-state index contributed by atoms with van der Waals surface area (Å²) in [5.41, 5.74) is 3.92. The third-order valence-electron chi connectivity index (χ3n) is 5.63. The Hall–Kier alpha value is -2.45. The van der Waals surface area contributed by atoms with E-state index in [4.69, 9.17) is 11.6 Å². The molecule has 2 heterocycles. The summed E-state index contributed by atoms with van der Waals surface area (Å²) >= 11 is 7.01. The van der Waals surface area contributed by atoms with Gasteiger partial charge in [0.05, 0.1) is 21.7 Å². The third-order valence-corrected chi connectivity index (χ3v) is 8.66. The minimum absolute atomic E-state index is 0.119. The normalized spacial score (nSPS) is 14.6. The van der Waals surface area contributed by atoms with E-state index in [1.807, 2.05) is 36.4 Å². The summed E-state index contributed by atoms with van der Waals surface area (Å²) in [5, 5.41) is 0.640. The number of halogens is 1. The molecule has 0 unspecified atom stereocenters. The number of thiazole rings is 1. The van der Waals surface area contributed by atoms with E-state index in [1.165, 1.54) is 9.87 Å². The zero-order valence-corrected chi connectivity index (χ0v) is 18.9. The van der Waals surface area contributed by atoms with Gasteiger partial charge in [-0.25, -0.2) is 8.42 Å². The van der Waals surface area contributed by atoms with Crippen LogP contribution in [0.2, 0.25) is 5.02 Å². The van der Waals surface area contributed by atoms with Gasteiger partial charge in [0.2, 0.25) is 10.0 Å². The molecule has 5 rings (SSSR count). The average Bonchev–Trinajstić information content (AvgIpc) is 3.09. The first kappa shape index (κ1) is 20.5. The van der Waals surface area contributed by atoms with Crippen LogP contribution < -0.4 is 4.87 Å². The Morgan fingerprint density at radius 3 is 2.48 bits per heavy atom. The second kappa shape index (κ2) is 7.91. The van der Waals surface area contributed by atoms with Gasteiger partial charge in [-0.15, -0.1) is 0 Å². The van der Waals surface area contributed by atoms with Crippen molar-refractivity contribution < 1.29 is 8.42 Å². The monoisotopic (exact) mass is 470 g/mol. The predicted octanol–water partition coefficient (Wildman–Crippen LogP) is 4.51. The SMILES string of the molecule is O=c1sc2cc(S(=O)(=O)N3CCc4ccccc4C3)ccc2n1Cc1ccc(Cl)cc1. The number of hydrogen-bond donors (Lipinski definition) is 0. The van der Waals surface area contributed by atoms with E-state index < -0.39 is 10.0 Å². The van der Waals surface area contributed by atoms with Crippen LogP contribution in [0, 0.1) is 0 Å². The Labute approximate surface area is 189 Å². The van der Waals surface area contributed by atoms with Crippen molar-refractivity contribution >= 4 is 43.2 Å². The van der Waals surface area contributed by atoms with Gasteiger partial charge >= 0.3 is 4.87 Å². The topological polar surface area (TPSA) is 59.4 Å². The molecule has 5 nitrogen and oxygen atoms in total. The molecule has 1 aromatic heterocycles. The maximum atomic E-state index is 13.3. The number of sulfonamides is 1. The number of benzene rings is 3. The predicted molar refractivity (Wildman–Crippen MR) is 124 cm³/mol. The number of hydrogen-bond acceptors (Lipinski definition) is 4. The molecule has 3 aromatic carbocycles. The lowest BCUT2D eigenvalue weighted by Crippen LogP contribution is -2.35. The Morgan fingerprint density at radius 1 is 0.968 bits per heavy atom. The second-order valence-electron chi connectivity index (χ2n) is 7.57. The van der Waals surface area contributed by atoms with Crippen molar-refractivity contribution in [1.29, 1.82) is 0 Å². The van der Waals surface area contributed by atoms with Crippen LogP contribution in [-0.4, -0.2) is 23.8 Å². The fourth-order valence-electron chi connectivity index (χ4n) is 3.95. The molecule has 0 spiro atoms. The standard InChI is InChI=1S/C23H19ClN2O3S2/c24-19-7-5-16(6-8-19)14-26-21-10-9-20(13-22(21)30-23(26)27)31(28,29)25-12-11-17-3-1-2-4-18(17)15-25/h1-10,13H,11-12,14-15H2. The second-order valence-corrected chi connectivity index (χ2v) is 10.9. The highest BCUT2D eigenvalue weighted by atomic mass is 35.5. The zero-order chi connectivity index (χ0) is 21.6. The van der Waals surface area contributed by atoms with Crippen LogP contribution in [-0.2, 0) is 29.5 Å².